The van der Waals surface area contributed by atoms with Crippen LogP contribution in [0.5, 0.6) is 0 Å². The Hall–Kier alpha value is -1.14. The second kappa shape index (κ2) is 3.51. The minimum atomic E-state index is -1.67. The SMILES string of the molecule is C=P(=O)c1ccccc1C(C)=O. The van der Waals surface area contributed by atoms with E-state index in [1.807, 2.05) is 0 Å². The van der Waals surface area contributed by atoms with Crippen molar-refractivity contribution in [3.63, 3.8) is 0 Å². The molecule has 1 aromatic rings. The molecule has 0 saturated carbocycles. The molecule has 1 unspecified atom stereocenters. The predicted molar refractivity (Wildman–Crippen MR) is 50.8 cm³/mol. The van der Waals surface area contributed by atoms with Gasteiger partial charge in [0.1, 0.15) is 7.42 Å². The molecule has 12 heavy (non-hydrogen) atoms. The van der Waals surface area contributed by atoms with Crippen molar-refractivity contribution in [3.8, 4) is 0 Å². The fraction of sp³-hybridized carbons (Fsp3) is 0.111. The van der Waals surface area contributed by atoms with Gasteiger partial charge < -0.3 is 0 Å². The fourth-order valence-electron chi connectivity index (χ4n) is 0.989. The van der Waals surface area contributed by atoms with Gasteiger partial charge in [-0.05, 0) is 19.3 Å². The van der Waals surface area contributed by atoms with Crippen LogP contribution in [0.4, 0.5) is 0 Å². The van der Waals surface area contributed by atoms with Crippen LogP contribution >= 0.6 is 7.42 Å². The molecule has 1 aromatic carbocycles. The van der Waals surface area contributed by atoms with Crippen molar-refractivity contribution in [2.24, 2.45) is 0 Å². The molecule has 0 aliphatic carbocycles. The van der Waals surface area contributed by atoms with Crippen LogP contribution in [0.2, 0.25) is 0 Å². The van der Waals surface area contributed by atoms with Gasteiger partial charge in [0.15, 0.2) is 5.78 Å². The second-order valence-electron chi connectivity index (χ2n) is 2.45. The van der Waals surface area contributed by atoms with Crippen LogP contribution in [0.1, 0.15) is 17.3 Å². The smallest absolute Gasteiger partial charge is 0.160 e. The molecule has 0 N–H and O–H groups in total. The highest BCUT2D eigenvalue weighted by Crippen LogP contribution is 2.08. The predicted octanol–water partition coefficient (Wildman–Crippen LogP) is 1.77. The number of carbonyl (C=O) groups is 1. The van der Waals surface area contributed by atoms with E-state index in [4.69, 9.17) is 0 Å². The highest BCUT2D eigenvalue weighted by atomic mass is 31.1. The van der Waals surface area contributed by atoms with Gasteiger partial charge in [-0.2, -0.15) is 0 Å². The summed E-state index contributed by atoms with van der Waals surface area (Å²) in [6.45, 7) is 1.46. The highest BCUT2D eigenvalue weighted by molar-refractivity contribution is 7.52. The molecule has 0 aromatic heterocycles. The number of benzene rings is 1. The molecular formula is C9H9O2P. The Balaban J connectivity index is 3.36. The van der Waals surface area contributed by atoms with E-state index in [1.54, 1.807) is 24.3 Å². The van der Waals surface area contributed by atoms with Crippen molar-refractivity contribution in [1.82, 2.24) is 0 Å². The van der Waals surface area contributed by atoms with Gasteiger partial charge in [-0.3, -0.25) is 9.36 Å². The third-order valence-corrected chi connectivity index (χ3v) is 2.48. The molecular weight excluding hydrogens is 171 g/mol. The molecule has 2 nitrogen and oxygen atoms in total. The lowest BCUT2D eigenvalue weighted by molar-refractivity contribution is 0.101. The van der Waals surface area contributed by atoms with E-state index in [9.17, 15) is 9.36 Å². The highest BCUT2D eigenvalue weighted by Gasteiger charge is 2.05. The Morgan fingerprint density at radius 2 is 2.00 bits per heavy atom. The number of hydrogen-bond acceptors (Lipinski definition) is 2. The van der Waals surface area contributed by atoms with E-state index in [2.05, 4.69) is 6.30 Å². The molecule has 0 aliphatic rings. The first kappa shape index (κ1) is 8.95. The lowest BCUT2D eigenvalue weighted by atomic mass is 10.1. The van der Waals surface area contributed by atoms with Gasteiger partial charge in [0.25, 0.3) is 0 Å². The number of Topliss-reactive ketones (excluding diaryl/α,β-unsaturated/α-hetero) is 1. The van der Waals surface area contributed by atoms with Crippen LogP contribution in [0, 0.1) is 0 Å². The molecule has 0 aliphatic heterocycles. The maximum Gasteiger partial charge on any atom is 0.160 e. The first-order valence-electron chi connectivity index (χ1n) is 3.50. The zero-order valence-corrected chi connectivity index (χ0v) is 7.67. The zero-order valence-electron chi connectivity index (χ0n) is 6.78. The maximum absolute atomic E-state index is 11.1. The van der Waals surface area contributed by atoms with Crippen molar-refractivity contribution >= 4 is 24.8 Å². The van der Waals surface area contributed by atoms with Gasteiger partial charge in [0, 0.05) is 10.9 Å². The van der Waals surface area contributed by atoms with E-state index in [0.717, 1.165) is 0 Å². The summed E-state index contributed by atoms with van der Waals surface area (Å²) in [5.41, 5.74) is 0.508. The molecule has 0 radical (unpaired) electrons. The Morgan fingerprint density at radius 3 is 2.42 bits per heavy atom. The van der Waals surface area contributed by atoms with Crippen molar-refractivity contribution in [2.75, 3.05) is 0 Å². The minimum Gasteiger partial charge on any atom is -0.294 e. The summed E-state index contributed by atoms with van der Waals surface area (Å²) in [6, 6.07) is 6.83. The van der Waals surface area contributed by atoms with Crippen molar-refractivity contribution in [1.29, 1.82) is 0 Å². The van der Waals surface area contributed by atoms with Crippen LogP contribution in [-0.4, -0.2) is 12.1 Å². The molecule has 0 bridgehead atoms. The van der Waals surface area contributed by atoms with Crippen LogP contribution in [-0.2, 0) is 4.57 Å². The van der Waals surface area contributed by atoms with Gasteiger partial charge in [-0.25, -0.2) is 0 Å². The summed E-state index contributed by atoms with van der Waals surface area (Å²) < 4.78 is 11.1. The van der Waals surface area contributed by atoms with Crippen molar-refractivity contribution in [2.45, 2.75) is 6.92 Å². The lowest BCUT2D eigenvalue weighted by Crippen LogP contribution is -2.07. The molecule has 0 amide bonds. The number of rotatable bonds is 2. The largest absolute Gasteiger partial charge is 0.294 e. The molecule has 0 saturated heterocycles. The number of carbonyl (C=O) groups excluding carboxylic acids is 1. The molecule has 62 valence electrons. The van der Waals surface area contributed by atoms with Crippen molar-refractivity contribution in [3.05, 3.63) is 29.8 Å². The summed E-state index contributed by atoms with van der Waals surface area (Å²) in [6.07, 6.45) is 3.41. The first-order valence-corrected chi connectivity index (χ1v) is 4.95. The zero-order chi connectivity index (χ0) is 9.14. The summed E-state index contributed by atoms with van der Waals surface area (Å²) >= 11 is 0. The van der Waals surface area contributed by atoms with Crippen LogP contribution < -0.4 is 5.30 Å². The molecule has 0 fully saturated rings. The Kier molecular flexibility index (Phi) is 2.61. The molecule has 0 heterocycles. The van der Waals surface area contributed by atoms with Crippen LogP contribution in [0.25, 0.3) is 0 Å². The topological polar surface area (TPSA) is 34.1 Å². The summed E-state index contributed by atoms with van der Waals surface area (Å²) in [4.78, 5) is 11.0. The standard InChI is InChI=1S/C9H9O2P/c1-7(10)8-5-3-4-6-9(8)12(2)11/h3-6H,2H2,1H3. The average Bonchev–Trinajstić information content (AvgIpc) is 2.04. The van der Waals surface area contributed by atoms with Gasteiger partial charge in [0.2, 0.25) is 0 Å². The quantitative estimate of drug-likeness (QED) is 0.513. The van der Waals surface area contributed by atoms with E-state index in [0.29, 0.717) is 10.9 Å². The Bertz CT molecular complexity index is 370. The van der Waals surface area contributed by atoms with Gasteiger partial charge in [-0.1, -0.05) is 18.2 Å². The van der Waals surface area contributed by atoms with Crippen LogP contribution in [0.15, 0.2) is 24.3 Å². The summed E-state index contributed by atoms with van der Waals surface area (Å²) in [5, 5.41) is 0.542. The Labute approximate surface area is 71.7 Å². The summed E-state index contributed by atoms with van der Waals surface area (Å²) in [5.74, 6) is -0.0717. The van der Waals surface area contributed by atoms with E-state index >= 15 is 0 Å². The van der Waals surface area contributed by atoms with E-state index in [1.165, 1.54) is 6.92 Å². The van der Waals surface area contributed by atoms with Crippen LogP contribution in [0.3, 0.4) is 0 Å². The monoisotopic (exact) mass is 180 g/mol. The first-order chi connectivity index (χ1) is 5.63. The molecule has 3 heteroatoms. The fourth-order valence-corrected chi connectivity index (χ4v) is 1.74. The average molecular weight is 180 g/mol. The molecule has 1 atom stereocenters. The number of hydrogen-bond donors (Lipinski definition) is 0. The summed E-state index contributed by atoms with van der Waals surface area (Å²) in [7, 11) is -1.67. The third-order valence-electron chi connectivity index (χ3n) is 1.55. The lowest BCUT2D eigenvalue weighted by Gasteiger charge is -1.98. The van der Waals surface area contributed by atoms with Gasteiger partial charge in [-0.15, -0.1) is 0 Å². The molecule has 1 rings (SSSR count). The minimum absolute atomic E-state index is 0.0717. The van der Waals surface area contributed by atoms with Gasteiger partial charge in [0.05, 0.1) is 0 Å². The second-order valence-corrected chi connectivity index (χ2v) is 3.69. The van der Waals surface area contributed by atoms with E-state index in [-0.39, 0.29) is 5.78 Å². The normalized spacial score (nSPS) is 10.9. The number of ketones is 1. The van der Waals surface area contributed by atoms with E-state index < -0.39 is 7.42 Å². The Morgan fingerprint density at radius 1 is 1.42 bits per heavy atom. The third kappa shape index (κ3) is 1.72. The molecule has 0 spiro atoms. The maximum atomic E-state index is 11.1. The van der Waals surface area contributed by atoms with Crippen molar-refractivity contribution < 1.29 is 9.36 Å². The van der Waals surface area contributed by atoms with Gasteiger partial charge >= 0.3 is 0 Å².